The van der Waals surface area contributed by atoms with Gasteiger partial charge in [0.15, 0.2) is 0 Å². The number of likely N-dealkylation sites (N-methyl/N-ethyl adjacent to an activating group) is 1. The fourth-order valence-electron chi connectivity index (χ4n) is 4.02. The molecule has 33 heavy (non-hydrogen) atoms. The molecule has 3 rings (SSSR count). The molecular weight excluding hydrogens is 455 g/mol. The lowest BCUT2D eigenvalue weighted by Gasteiger charge is -2.30. The summed E-state index contributed by atoms with van der Waals surface area (Å²) in [6.45, 7) is 2.68. The minimum atomic E-state index is -4.41. The summed E-state index contributed by atoms with van der Waals surface area (Å²) in [6.07, 6.45) is -2.64. The second-order valence-corrected chi connectivity index (χ2v) is 8.64. The zero-order valence-corrected chi connectivity index (χ0v) is 19.3. The van der Waals surface area contributed by atoms with Gasteiger partial charge in [0, 0.05) is 25.2 Å². The number of likely N-dealkylation sites (tertiary alicyclic amines) is 1. The first kappa shape index (κ1) is 24.9. The number of carbonyl (C=O) groups is 2. The van der Waals surface area contributed by atoms with Gasteiger partial charge in [0.25, 0.3) is 0 Å². The molecule has 2 aromatic carbocycles. The molecule has 2 atom stereocenters. The summed E-state index contributed by atoms with van der Waals surface area (Å²) < 4.78 is 38.5. The van der Waals surface area contributed by atoms with Crippen molar-refractivity contribution in [2.45, 2.75) is 51.0 Å². The van der Waals surface area contributed by atoms with Gasteiger partial charge in [0.2, 0.25) is 5.91 Å². The summed E-state index contributed by atoms with van der Waals surface area (Å²) in [7, 11) is 1.70. The van der Waals surface area contributed by atoms with Crippen molar-refractivity contribution in [3.8, 4) is 0 Å². The topological polar surface area (TPSA) is 52.7 Å². The molecule has 1 fully saturated rings. The third kappa shape index (κ3) is 6.19. The normalized spacial score (nSPS) is 17.0. The maximum Gasteiger partial charge on any atom is 0.416 e. The first-order valence-corrected chi connectivity index (χ1v) is 11.2. The van der Waals surface area contributed by atoms with Gasteiger partial charge in [-0.2, -0.15) is 13.2 Å². The second-order valence-electron chi connectivity index (χ2n) is 8.20. The van der Waals surface area contributed by atoms with E-state index in [0.29, 0.717) is 42.9 Å². The molecule has 1 N–H and O–H groups in total. The van der Waals surface area contributed by atoms with E-state index in [-0.39, 0.29) is 5.91 Å². The van der Waals surface area contributed by atoms with E-state index in [4.69, 9.17) is 11.6 Å². The standard InChI is InChI=1S/C24H27ClF3N3O2/c1-3-20(17-8-10-18(11-9-17)24(26,27)28)29-23(33)31-14-4-5-21(31)22(32)30(2)15-16-6-12-19(25)13-7-16/h6-13,20-21H,3-5,14-15H2,1-2H3,(H,29,33)/t20-,21+/m0/s1. The summed E-state index contributed by atoms with van der Waals surface area (Å²) in [4.78, 5) is 29.2. The predicted octanol–water partition coefficient (Wildman–Crippen LogP) is 5.64. The summed E-state index contributed by atoms with van der Waals surface area (Å²) in [6, 6.07) is 10.6. The van der Waals surface area contributed by atoms with Crippen molar-refractivity contribution >= 4 is 23.5 Å². The van der Waals surface area contributed by atoms with Gasteiger partial charge in [-0.25, -0.2) is 4.79 Å². The fourth-order valence-corrected chi connectivity index (χ4v) is 4.15. The highest BCUT2D eigenvalue weighted by molar-refractivity contribution is 6.30. The van der Waals surface area contributed by atoms with E-state index in [1.807, 2.05) is 19.1 Å². The Balaban J connectivity index is 1.65. The number of amides is 3. The molecule has 0 unspecified atom stereocenters. The lowest BCUT2D eigenvalue weighted by atomic mass is 10.0. The Kier molecular flexibility index (Phi) is 7.89. The summed E-state index contributed by atoms with van der Waals surface area (Å²) in [5.74, 6) is -0.153. The molecule has 2 aromatic rings. The van der Waals surface area contributed by atoms with E-state index >= 15 is 0 Å². The van der Waals surface area contributed by atoms with Crippen molar-refractivity contribution in [1.29, 1.82) is 0 Å². The quantitative estimate of drug-likeness (QED) is 0.580. The number of carbonyl (C=O) groups excluding carboxylic acids is 2. The first-order valence-electron chi connectivity index (χ1n) is 10.8. The Hall–Kier alpha value is -2.74. The Morgan fingerprint density at radius 2 is 1.79 bits per heavy atom. The van der Waals surface area contributed by atoms with E-state index in [0.717, 1.165) is 17.7 Å². The predicted molar refractivity (Wildman–Crippen MR) is 121 cm³/mol. The number of nitrogens with zero attached hydrogens (tertiary/aromatic N) is 2. The smallest absolute Gasteiger partial charge is 0.340 e. The van der Waals surface area contributed by atoms with Gasteiger partial charge in [-0.3, -0.25) is 4.79 Å². The number of hydrogen-bond acceptors (Lipinski definition) is 2. The van der Waals surface area contributed by atoms with Crippen molar-refractivity contribution < 1.29 is 22.8 Å². The first-order chi connectivity index (χ1) is 15.6. The number of rotatable bonds is 6. The number of alkyl halides is 3. The minimum Gasteiger partial charge on any atom is -0.340 e. The molecule has 1 aliphatic rings. The molecule has 0 radical (unpaired) electrons. The molecule has 178 valence electrons. The molecule has 1 heterocycles. The molecule has 1 saturated heterocycles. The second kappa shape index (κ2) is 10.5. The van der Waals surface area contributed by atoms with Crippen LogP contribution in [0.5, 0.6) is 0 Å². The largest absolute Gasteiger partial charge is 0.416 e. The van der Waals surface area contributed by atoms with Gasteiger partial charge in [-0.05, 0) is 54.7 Å². The summed E-state index contributed by atoms with van der Waals surface area (Å²) >= 11 is 5.91. The van der Waals surface area contributed by atoms with Crippen molar-refractivity contribution in [1.82, 2.24) is 15.1 Å². The van der Waals surface area contributed by atoms with Crippen molar-refractivity contribution in [2.24, 2.45) is 0 Å². The van der Waals surface area contributed by atoms with Gasteiger partial charge in [-0.1, -0.05) is 42.8 Å². The molecule has 1 aliphatic heterocycles. The van der Waals surface area contributed by atoms with E-state index < -0.39 is 29.9 Å². The van der Waals surface area contributed by atoms with Crippen LogP contribution in [0.4, 0.5) is 18.0 Å². The average molecular weight is 482 g/mol. The third-order valence-electron chi connectivity index (χ3n) is 5.85. The van der Waals surface area contributed by atoms with Crippen LogP contribution < -0.4 is 5.32 Å². The Morgan fingerprint density at radius 1 is 1.15 bits per heavy atom. The van der Waals surface area contributed by atoms with E-state index in [1.54, 1.807) is 24.1 Å². The molecule has 0 bridgehead atoms. The zero-order valence-electron chi connectivity index (χ0n) is 18.5. The number of urea groups is 1. The Labute approximate surface area is 196 Å². The third-order valence-corrected chi connectivity index (χ3v) is 6.11. The SMILES string of the molecule is CC[C@H](NC(=O)N1CCC[C@@H]1C(=O)N(C)Cc1ccc(Cl)cc1)c1ccc(C(F)(F)F)cc1. The van der Waals surface area contributed by atoms with Gasteiger partial charge in [0.05, 0.1) is 11.6 Å². The van der Waals surface area contributed by atoms with E-state index in [1.165, 1.54) is 17.0 Å². The molecule has 0 aliphatic carbocycles. The van der Waals surface area contributed by atoms with Crippen molar-refractivity contribution in [2.75, 3.05) is 13.6 Å². The molecule has 5 nitrogen and oxygen atoms in total. The molecule has 9 heteroatoms. The van der Waals surface area contributed by atoms with Crippen LogP contribution in [0.15, 0.2) is 48.5 Å². The number of nitrogens with one attached hydrogen (secondary N) is 1. The van der Waals surface area contributed by atoms with Crippen LogP contribution in [-0.4, -0.2) is 41.4 Å². The maximum atomic E-state index is 13.1. The Bertz CT molecular complexity index is 964. The van der Waals surface area contributed by atoms with Crippen LogP contribution in [0, 0.1) is 0 Å². The lowest BCUT2D eigenvalue weighted by molar-refractivity contribution is -0.137. The van der Waals surface area contributed by atoms with Gasteiger partial charge < -0.3 is 15.1 Å². The van der Waals surface area contributed by atoms with Gasteiger partial charge in [-0.15, -0.1) is 0 Å². The molecule has 0 saturated carbocycles. The van der Waals surface area contributed by atoms with Crippen LogP contribution in [0.3, 0.4) is 0 Å². The molecule has 0 spiro atoms. The highest BCUT2D eigenvalue weighted by Gasteiger charge is 2.36. The van der Waals surface area contributed by atoms with Crippen LogP contribution in [0.2, 0.25) is 5.02 Å². The number of benzene rings is 2. The van der Waals surface area contributed by atoms with E-state index in [9.17, 15) is 22.8 Å². The molecule has 3 amide bonds. The number of halogens is 4. The maximum absolute atomic E-state index is 13.1. The zero-order chi connectivity index (χ0) is 24.2. The monoisotopic (exact) mass is 481 g/mol. The summed E-state index contributed by atoms with van der Waals surface area (Å²) in [5.41, 5.74) is 0.778. The molecular formula is C24H27ClF3N3O2. The minimum absolute atomic E-state index is 0.153. The van der Waals surface area contributed by atoms with Crippen LogP contribution in [0.25, 0.3) is 0 Å². The van der Waals surface area contributed by atoms with Gasteiger partial charge in [0.1, 0.15) is 6.04 Å². The van der Waals surface area contributed by atoms with Crippen molar-refractivity contribution in [3.63, 3.8) is 0 Å². The van der Waals surface area contributed by atoms with Crippen LogP contribution in [0.1, 0.15) is 48.9 Å². The van der Waals surface area contributed by atoms with Crippen molar-refractivity contribution in [3.05, 3.63) is 70.2 Å². The highest BCUT2D eigenvalue weighted by atomic mass is 35.5. The average Bonchev–Trinajstić information content (AvgIpc) is 3.28. The van der Waals surface area contributed by atoms with Crippen LogP contribution >= 0.6 is 11.6 Å². The fraction of sp³-hybridized carbons (Fsp3) is 0.417. The summed E-state index contributed by atoms with van der Waals surface area (Å²) in [5, 5.41) is 3.50. The van der Waals surface area contributed by atoms with Gasteiger partial charge >= 0.3 is 12.2 Å². The van der Waals surface area contributed by atoms with Crippen LogP contribution in [-0.2, 0) is 17.5 Å². The molecule has 0 aromatic heterocycles. The highest BCUT2D eigenvalue weighted by Crippen LogP contribution is 2.30. The number of hydrogen-bond donors (Lipinski definition) is 1. The lowest BCUT2D eigenvalue weighted by Crippen LogP contribution is -2.50. The Morgan fingerprint density at radius 3 is 2.36 bits per heavy atom. The van der Waals surface area contributed by atoms with E-state index in [2.05, 4.69) is 5.32 Å².